The molecule has 7 heteroatoms. The number of para-hydroxylation sites is 1. The van der Waals surface area contributed by atoms with Crippen molar-refractivity contribution < 1.29 is 13.5 Å². The van der Waals surface area contributed by atoms with Crippen LogP contribution in [0.5, 0.6) is 5.75 Å². The van der Waals surface area contributed by atoms with E-state index in [1.165, 1.54) is 22.9 Å². The summed E-state index contributed by atoms with van der Waals surface area (Å²) in [4.78, 5) is 0. The number of ether oxygens (including phenoxy) is 1. The summed E-state index contributed by atoms with van der Waals surface area (Å²) >= 11 is 5.11. The standard InChI is InChI=1S/C19H17BrF2N2OS/c1-2-25-18-10-14(20)7-6-13(18)11-26-12-15-8-9-24(23-15)19-16(21)4-3-5-17(19)22/h3-10H,2,11-12H2,1H3. The first-order chi connectivity index (χ1) is 12.6. The Morgan fingerprint density at radius 3 is 2.62 bits per heavy atom. The molecule has 26 heavy (non-hydrogen) atoms. The zero-order valence-electron chi connectivity index (χ0n) is 14.1. The second-order valence-electron chi connectivity index (χ2n) is 5.50. The minimum absolute atomic E-state index is 0.157. The van der Waals surface area contributed by atoms with Gasteiger partial charge in [0.2, 0.25) is 0 Å². The minimum Gasteiger partial charge on any atom is -0.494 e. The molecular weight excluding hydrogens is 422 g/mol. The Kier molecular flexibility index (Phi) is 6.32. The van der Waals surface area contributed by atoms with E-state index in [1.54, 1.807) is 24.0 Å². The molecule has 0 saturated heterocycles. The van der Waals surface area contributed by atoms with Crippen LogP contribution in [0.25, 0.3) is 5.69 Å². The van der Waals surface area contributed by atoms with Gasteiger partial charge in [-0.3, -0.25) is 0 Å². The molecule has 0 bridgehead atoms. The lowest BCUT2D eigenvalue weighted by Gasteiger charge is -2.10. The fraction of sp³-hybridized carbons (Fsp3) is 0.211. The molecule has 136 valence electrons. The first-order valence-corrected chi connectivity index (χ1v) is 10.0. The van der Waals surface area contributed by atoms with Crippen LogP contribution in [-0.4, -0.2) is 16.4 Å². The second kappa shape index (κ2) is 8.68. The quantitative estimate of drug-likeness (QED) is 0.470. The van der Waals surface area contributed by atoms with Crippen molar-refractivity contribution >= 4 is 27.7 Å². The Hall–Kier alpha value is -1.86. The van der Waals surface area contributed by atoms with Crippen LogP contribution in [0.3, 0.4) is 0 Å². The van der Waals surface area contributed by atoms with Crippen molar-refractivity contribution in [1.82, 2.24) is 9.78 Å². The van der Waals surface area contributed by atoms with Gasteiger partial charge in [-0.15, -0.1) is 0 Å². The molecule has 2 aromatic carbocycles. The van der Waals surface area contributed by atoms with Gasteiger partial charge in [-0.1, -0.05) is 28.1 Å². The lowest BCUT2D eigenvalue weighted by atomic mass is 10.2. The molecule has 0 unspecified atom stereocenters. The Morgan fingerprint density at radius 1 is 1.12 bits per heavy atom. The van der Waals surface area contributed by atoms with Crippen LogP contribution < -0.4 is 4.74 Å². The molecule has 0 atom stereocenters. The Balaban J connectivity index is 1.66. The number of rotatable bonds is 7. The highest BCUT2D eigenvalue weighted by Crippen LogP contribution is 2.28. The van der Waals surface area contributed by atoms with Crippen molar-refractivity contribution in [3.8, 4) is 11.4 Å². The van der Waals surface area contributed by atoms with Crippen LogP contribution in [0.2, 0.25) is 0 Å². The molecule has 0 amide bonds. The van der Waals surface area contributed by atoms with Gasteiger partial charge in [0.25, 0.3) is 0 Å². The van der Waals surface area contributed by atoms with Gasteiger partial charge in [0.15, 0.2) is 11.6 Å². The van der Waals surface area contributed by atoms with Crippen LogP contribution in [0.4, 0.5) is 8.78 Å². The van der Waals surface area contributed by atoms with Crippen LogP contribution >= 0.6 is 27.7 Å². The topological polar surface area (TPSA) is 27.1 Å². The van der Waals surface area contributed by atoms with Crippen LogP contribution in [-0.2, 0) is 11.5 Å². The molecule has 0 N–H and O–H groups in total. The lowest BCUT2D eigenvalue weighted by Crippen LogP contribution is -2.02. The van der Waals surface area contributed by atoms with E-state index in [4.69, 9.17) is 4.74 Å². The van der Waals surface area contributed by atoms with E-state index in [-0.39, 0.29) is 5.69 Å². The van der Waals surface area contributed by atoms with Crippen molar-refractivity contribution in [2.45, 2.75) is 18.4 Å². The maximum absolute atomic E-state index is 13.8. The van der Waals surface area contributed by atoms with E-state index >= 15 is 0 Å². The first kappa shape index (κ1) is 18.9. The van der Waals surface area contributed by atoms with Gasteiger partial charge in [-0.05, 0) is 37.3 Å². The first-order valence-electron chi connectivity index (χ1n) is 8.06. The van der Waals surface area contributed by atoms with Crippen molar-refractivity contribution in [3.63, 3.8) is 0 Å². The monoisotopic (exact) mass is 438 g/mol. The minimum atomic E-state index is -0.636. The smallest absolute Gasteiger partial charge is 0.151 e. The van der Waals surface area contributed by atoms with Crippen LogP contribution in [0.1, 0.15) is 18.2 Å². The summed E-state index contributed by atoms with van der Waals surface area (Å²) in [7, 11) is 0. The van der Waals surface area contributed by atoms with Gasteiger partial charge in [0, 0.05) is 27.7 Å². The predicted molar refractivity (Wildman–Crippen MR) is 104 cm³/mol. The Bertz CT molecular complexity index is 881. The molecule has 0 fully saturated rings. The zero-order valence-corrected chi connectivity index (χ0v) is 16.5. The zero-order chi connectivity index (χ0) is 18.5. The fourth-order valence-electron chi connectivity index (χ4n) is 2.47. The van der Waals surface area contributed by atoms with Crippen molar-refractivity contribution in [3.05, 3.63) is 76.0 Å². The SMILES string of the molecule is CCOc1cc(Br)ccc1CSCc1ccn(-c2c(F)cccc2F)n1. The number of aromatic nitrogens is 2. The molecule has 1 aromatic heterocycles. The molecule has 0 aliphatic heterocycles. The van der Waals surface area contributed by atoms with E-state index in [9.17, 15) is 8.78 Å². The molecule has 3 aromatic rings. The fourth-order valence-corrected chi connectivity index (χ4v) is 3.74. The molecule has 0 aliphatic rings. The molecular formula is C19H17BrF2N2OS. The highest BCUT2D eigenvalue weighted by atomic mass is 79.9. The van der Waals surface area contributed by atoms with Gasteiger partial charge in [-0.2, -0.15) is 16.9 Å². The van der Waals surface area contributed by atoms with Gasteiger partial charge in [0.05, 0.1) is 12.3 Å². The maximum atomic E-state index is 13.8. The summed E-state index contributed by atoms with van der Waals surface area (Å²) in [5.41, 5.74) is 1.70. The summed E-state index contributed by atoms with van der Waals surface area (Å²) in [5, 5.41) is 4.28. The van der Waals surface area contributed by atoms with Gasteiger partial charge >= 0.3 is 0 Å². The lowest BCUT2D eigenvalue weighted by molar-refractivity contribution is 0.337. The average molecular weight is 439 g/mol. The largest absolute Gasteiger partial charge is 0.494 e. The molecule has 0 saturated carbocycles. The second-order valence-corrected chi connectivity index (χ2v) is 7.40. The van der Waals surface area contributed by atoms with Gasteiger partial charge in [-0.25, -0.2) is 13.5 Å². The van der Waals surface area contributed by atoms with E-state index in [0.29, 0.717) is 12.4 Å². The van der Waals surface area contributed by atoms with Crippen molar-refractivity contribution in [1.29, 1.82) is 0 Å². The van der Waals surface area contributed by atoms with E-state index < -0.39 is 11.6 Å². The number of nitrogens with zero attached hydrogens (tertiary/aromatic N) is 2. The molecule has 3 rings (SSSR count). The third-order valence-electron chi connectivity index (χ3n) is 3.65. The number of halogens is 3. The molecule has 3 nitrogen and oxygen atoms in total. The Labute approximate surface area is 163 Å². The summed E-state index contributed by atoms with van der Waals surface area (Å²) in [5.74, 6) is 0.967. The summed E-state index contributed by atoms with van der Waals surface area (Å²) in [6.07, 6.45) is 1.57. The number of hydrogen-bond acceptors (Lipinski definition) is 3. The maximum Gasteiger partial charge on any atom is 0.151 e. The molecule has 0 aliphatic carbocycles. The number of thioether (sulfide) groups is 1. The molecule has 0 radical (unpaired) electrons. The van der Waals surface area contributed by atoms with Crippen molar-refractivity contribution in [2.75, 3.05) is 6.61 Å². The summed E-state index contributed by atoms with van der Waals surface area (Å²) in [6, 6.07) is 11.5. The summed E-state index contributed by atoms with van der Waals surface area (Å²) < 4.78 is 35.6. The Morgan fingerprint density at radius 2 is 1.88 bits per heavy atom. The number of hydrogen-bond donors (Lipinski definition) is 0. The number of benzene rings is 2. The van der Waals surface area contributed by atoms with E-state index in [0.717, 1.165) is 27.2 Å². The highest BCUT2D eigenvalue weighted by Gasteiger charge is 2.12. The highest BCUT2D eigenvalue weighted by molar-refractivity contribution is 9.10. The summed E-state index contributed by atoms with van der Waals surface area (Å²) in [6.45, 7) is 2.55. The third-order valence-corrected chi connectivity index (χ3v) is 5.16. The van der Waals surface area contributed by atoms with E-state index in [2.05, 4.69) is 21.0 Å². The predicted octanol–water partition coefficient (Wildman–Crippen LogP) is 5.75. The molecule has 1 heterocycles. The van der Waals surface area contributed by atoms with Gasteiger partial charge in [0.1, 0.15) is 11.4 Å². The molecule has 0 spiro atoms. The van der Waals surface area contributed by atoms with Crippen LogP contribution in [0, 0.1) is 11.6 Å². The van der Waals surface area contributed by atoms with Crippen molar-refractivity contribution in [2.24, 2.45) is 0 Å². The van der Waals surface area contributed by atoms with Gasteiger partial charge < -0.3 is 4.74 Å². The normalized spacial score (nSPS) is 10.9. The third kappa shape index (κ3) is 4.45. The van der Waals surface area contributed by atoms with E-state index in [1.807, 2.05) is 25.1 Å². The van der Waals surface area contributed by atoms with Crippen LogP contribution in [0.15, 0.2) is 53.1 Å². The average Bonchev–Trinajstić information content (AvgIpc) is 3.05.